The molecular formula is C27H29NO6. The number of esters is 1. The molecule has 2 unspecified atom stereocenters. The zero-order valence-corrected chi connectivity index (χ0v) is 19.2. The molecule has 34 heavy (non-hydrogen) atoms. The van der Waals surface area contributed by atoms with Crippen molar-refractivity contribution in [2.45, 2.75) is 32.0 Å². The first-order chi connectivity index (χ1) is 16.5. The van der Waals surface area contributed by atoms with E-state index in [1.54, 1.807) is 6.92 Å². The van der Waals surface area contributed by atoms with Crippen molar-refractivity contribution in [2.75, 3.05) is 26.3 Å². The molecule has 1 aliphatic heterocycles. The Balaban J connectivity index is 1.45. The summed E-state index contributed by atoms with van der Waals surface area (Å²) in [5.41, 5.74) is 2.10. The van der Waals surface area contributed by atoms with Gasteiger partial charge in [-0.25, -0.2) is 9.59 Å². The predicted octanol–water partition coefficient (Wildman–Crippen LogP) is 4.83. The van der Waals surface area contributed by atoms with Crippen LogP contribution in [0.15, 0.2) is 66.7 Å². The number of amides is 1. The van der Waals surface area contributed by atoms with E-state index in [1.807, 2.05) is 42.5 Å². The number of carboxylic acid groups (broad SMARTS) is 1. The van der Waals surface area contributed by atoms with Crippen molar-refractivity contribution < 1.29 is 28.9 Å². The van der Waals surface area contributed by atoms with Crippen LogP contribution in [0.2, 0.25) is 0 Å². The van der Waals surface area contributed by atoms with Gasteiger partial charge in [0.05, 0.1) is 25.9 Å². The van der Waals surface area contributed by atoms with E-state index >= 15 is 0 Å². The molecule has 0 saturated carbocycles. The number of hydrogen-bond acceptors (Lipinski definition) is 5. The number of hydrogen-bond donors (Lipinski definition) is 1. The van der Waals surface area contributed by atoms with Crippen LogP contribution >= 0.6 is 0 Å². The number of benzene rings is 3. The molecule has 1 amide bonds. The molecule has 0 radical (unpaired) electrons. The van der Waals surface area contributed by atoms with Crippen molar-refractivity contribution in [3.05, 3.63) is 77.9 Å². The maximum absolute atomic E-state index is 11.6. The fraction of sp³-hybridized carbons (Fsp3) is 0.333. The second-order valence-electron chi connectivity index (χ2n) is 8.32. The van der Waals surface area contributed by atoms with Crippen LogP contribution in [-0.2, 0) is 20.9 Å². The Morgan fingerprint density at radius 1 is 1.03 bits per heavy atom. The van der Waals surface area contributed by atoms with Crippen LogP contribution in [0.5, 0.6) is 5.75 Å². The first-order valence-electron chi connectivity index (χ1n) is 11.5. The average molecular weight is 464 g/mol. The minimum Gasteiger partial charge on any atom is -0.482 e. The Labute approximate surface area is 198 Å². The van der Waals surface area contributed by atoms with Gasteiger partial charge < -0.3 is 24.2 Å². The molecule has 0 bridgehead atoms. The minimum absolute atomic E-state index is 0.0511. The molecule has 0 spiro atoms. The lowest BCUT2D eigenvalue weighted by atomic mass is 9.87. The quantitative estimate of drug-likeness (QED) is 0.482. The number of nitrogens with zero attached hydrogens (tertiary/aromatic N) is 1. The summed E-state index contributed by atoms with van der Waals surface area (Å²) in [6.45, 7) is 3.10. The summed E-state index contributed by atoms with van der Waals surface area (Å²) >= 11 is 0. The molecule has 1 fully saturated rings. The van der Waals surface area contributed by atoms with Gasteiger partial charge in [0, 0.05) is 12.5 Å². The van der Waals surface area contributed by atoms with Crippen molar-refractivity contribution in [1.82, 2.24) is 4.90 Å². The van der Waals surface area contributed by atoms with E-state index in [0.29, 0.717) is 38.5 Å². The van der Waals surface area contributed by atoms with Crippen molar-refractivity contribution in [3.63, 3.8) is 0 Å². The number of fused-ring (bicyclic) bond motifs is 1. The maximum Gasteiger partial charge on any atom is 0.407 e. The summed E-state index contributed by atoms with van der Waals surface area (Å²) in [6, 6.07) is 21.9. The number of likely N-dealkylation sites (tertiary alicyclic amines) is 1. The molecule has 1 heterocycles. The summed E-state index contributed by atoms with van der Waals surface area (Å²) in [5.74, 6) is 0.221. The van der Waals surface area contributed by atoms with E-state index in [9.17, 15) is 14.7 Å². The van der Waals surface area contributed by atoms with E-state index in [4.69, 9.17) is 14.2 Å². The zero-order chi connectivity index (χ0) is 23.9. The largest absolute Gasteiger partial charge is 0.482 e. The third-order valence-electron chi connectivity index (χ3n) is 6.08. The predicted molar refractivity (Wildman–Crippen MR) is 128 cm³/mol. The summed E-state index contributed by atoms with van der Waals surface area (Å²) in [4.78, 5) is 24.5. The molecular weight excluding hydrogens is 434 g/mol. The lowest BCUT2D eigenvalue weighted by molar-refractivity contribution is -0.145. The molecule has 178 valence electrons. The highest BCUT2D eigenvalue weighted by Crippen LogP contribution is 2.32. The molecule has 3 aromatic carbocycles. The fourth-order valence-corrected chi connectivity index (χ4v) is 4.33. The van der Waals surface area contributed by atoms with Crippen LogP contribution in [-0.4, -0.2) is 54.5 Å². The molecule has 1 N–H and O–H groups in total. The topological polar surface area (TPSA) is 85.3 Å². The monoisotopic (exact) mass is 463 g/mol. The number of carbonyl (C=O) groups is 2. The molecule has 7 heteroatoms. The number of rotatable bonds is 8. The number of carbonyl (C=O) groups excluding carboxylic acids is 1. The van der Waals surface area contributed by atoms with Gasteiger partial charge in [-0.3, -0.25) is 0 Å². The molecule has 0 aliphatic carbocycles. The third kappa shape index (κ3) is 5.85. The first-order valence-corrected chi connectivity index (χ1v) is 11.5. The maximum atomic E-state index is 11.6. The number of ether oxygens (including phenoxy) is 3. The van der Waals surface area contributed by atoms with E-state index in [2.05, 4.69) is 24.3 Å². The van der Waals surface area contributed by atoms with Crippen LogP contribution in [0.25, 0.3) is 10.8 Å². The zero-order valence-electron chi connectivity index (χ0n) is 19.2. The van der Waals surface area contributed by atoms with Gasteiger partial charge in [-0.1, -0.05) is 48.5 Å². The molecule has 7 nitrogen and oxygen atoms in total. The molecule has 4 rings (SSSR count). The molecule has 0 aromatic heterocycles. The Morgan fingerprint density at radius 3 is 2.53 bits per heavy atom. The first kappa shape index (κ1) is 23.6. The van der Waals surface area contributed by atoms with Gasteiger partial charge in [0.2, 0.25) is 0 Å². The summed E-state index contributed by atoms with van der Waals surface area (Å²) < 4.78 is 16.7. The Hall–Kier alpha value is -3.58. The standard InChI is InChI=1S/C27H29NO6/c1-2-32-26(29)18-33-23-11-9-21(10-12-23)24-13-14-28(27(30)31)16-25(24)34-17-19-7-8-20-5-3-4-6-22(20)15-19/h3-12,15,24-25H,2,13-14,16-18H2,1H3,(H,30,31). The Bertz CT molecular complexity index is 1130. The summed E-state index contributed by atoms with van der Waals surface area (Å²) in [7, 11) is 0. The lowest BCUT2D eigenvalue weighted by Crippen LogP contribution is -2.46. The van der Waals surface area contributed by atoms with E-state index in [1.165, 1.54) is 10.3 Å². The van der Waals surface area contributed by atoms with Gasteiger partial charge in [0.25, 0.3) is 0 Å². The summed E-state index contributed by atoms with van der Waals surface area (Å²) in [6.07, 6.45) is -0.541. The Kier molecular flexibility index (Phi) is 7.65. The highest BCUT2D eigenvalue weighted by molar-refractivity contribution is 5.82. The van der Waals surface area contributed by atoms with Crippen LogP contribution in [0.4, 0.5) is 4.79 Å². The van der Waals surface area contributed by atoms with Crippen LogP contribution < -0.4 is 4.74 Å². The SMILES string of the molecule is CCOC(=O)COc1ccc(C2CCN(C(=O)O)CC2OCc2ccc3ccccc3c2)cc1. The van der Waals surface area contributed by atoms with Gasteiger partial charge in [-0.05, 0) is 53.4 Å². The van der Waals surface area contributed by atoms with Gasteiger partial charge in [-0.2, -0.15) is 0 Å². The third-order valence-corrected chi connectivity index (χ3v) is 6.08. The van der Waals surface area contributed by atoms with Crippen LogP contribution in [0.3, 0.4) is 0 Å². The molecule has 3 aromatic rings. The van der Waals surface area contributed by atoms with Crippen molar-refractivity contribution in [2.24, 2.45) is 0 Å². The van der Waals surface area contributed by atoms with Gasteiger partial charge in [0.15, 0.2) is 6.61 Å². The van der Waals surface area contributed by atoms with Crippen molar-refractivity contribution >= 4 is 22.8 Å². The van der Waals surface area contributed by atoms with E-state index < -0.39 is 12.1 Å². The molecule has 1 aliphatic rings. The number of piperidine rings is 1. The highest BCUT2D eigenvalue weighted by Gasteiger charge is 2.33. The van der Waals surface area contributed by atoms with Crippen LogP contribution in [0.1, 0.15) is 30.4 Å². The normalized spacial score (nSPS) is 18.0. The fourth-order valence-electron chi connectivity index (χ4n) is 4.33. The van der Waals surface area contributed by atoms with Gasteiger partial charge in [-0.15, -0.1) is 0 Å². The summed E-state index contributed by atoms with van der Waals surface area (Å²) in [5, 5.41) is 11.8. The smallest absolute Gasteiger partial charge is 0.407 e. The Morgan fingerprint density at radius 2 is 1.79 bits per heavy atom. The van der Waals surface area contributed by atoms with Crippen LogP contribution in [0, 0.1) is 0 Å². The molecule has 1 saturated heterocycles. The second-order valence-corrected chi connectivity index (χ2v) is 8.32. The average Bonchev–Trinajstić information content (AvgIpc) is 2.86. The van der Waals surface area contributed by atoms with Gasteiger partial charge >= 0.3 is 12.1 Å². The van der Waals surface area contributed by atoms with E-state index in [0.717, 1.165) is 16.5 Å². The van der Waals surface area contributed by atoms with E-state index in [-0.39, 0.29) is 18.6 Å². The minimum atomic E-state index is -0.930. The highest BCUT2D eigenvalue weighted by atomic mass is 16.6. The lowest BCUT2D eigenvalue weighted by Gasteiger charge is -2.37. The molecule has 2 atom stereocenters. The second kappa shape index (κ2) is 11.0. The van der Waals surface area contributed by atoms with Crippen molar-refractivity contribution in [3.8, 4) is 5.75 Å². The van der Waals surface area contributed by atoms with Gasteiger partial charge in [0.1, 0.15) is 5.75 Å². The van der Waals surface area contributed by atoms with Crippen molar-refractivity contribution in [1.29, 1.82) is 0 Å².